The Hall–Kier alpha value is -1.92. The van der Waals surface area contributed by atoms with Crippen LogP contribution in [0.25, 0.3) is 10.9 Å². The van der Waals surface area contributed by atoms with Gasteiger partial charge in [0.25, 0.3) is 10.0 Å². The van der Waals surface area contributed by atoms with Gasteiger partial charge in [-0.2, -0.15) is 0 Å². The third-order valence-corrected chi connectivity index (χ3v) is 5.52. The van der Waals surface area contributed by atoms with Crippen LogP contribution in [0.1, 0.15) is 10.4 Å². The smallest absolute Gasteiger partial charge is 0.268 e. The molecule has 0 spiro atoms. The van der Waals surface area contributed by atoms with Gasteiger partial charge in [0.05, 0.1) is 10.4 Å². The van der Waals surface area contributed by atoms with Crippen LogP contribution in [0.15, 0.2) is 64.1 Å². The van der Waals surface area contributed by atoms with Crippen molar-refractivity contribution in [3.63, 3.8) is 0 Å². The fourth-order valence-electron chi connectivity index (χ4n) is 2.22. The highest BCUT2D eigenvalue weighted by molar-refractivity contribution is 9.10. The van der Waals surface area contributed by atoms with Crippen LogP contribution in [-0.4, -0.2) is 18.7 Å². The fraction of sp³-hybridized carbons (Fsp3) is 0. The minimum absolute atomic E-state index is 0.176. The van der Waals surface area contributed by atoms with Gasteiger partial charge in [0.15, 0.2) is 6.29 Å². The van der Waals surface area contributed by atoms with Crippen LogP contribution in [0.3, 0.4) is 0 Å². The van der Waals surface area contributed by atoms with Gasteiger partial charge in [0.2, 0.25) is 0 Å². The summed E-state index contributed by atoms with van der Waals surface area (Å²) >= 11 is 3.35. The molecule has 0 aliphatic carbocycles. The SMILES string of the molecule is O=Cc1cn(S(=O)(=O)c2ccccc2)c2c(Br)cccc12. The van der Waals surface area contributed by atoms with Crippen molar-refractivity contribution in [1.29, 1.82) is 0 Å². The molecule has 0 atom stereocenters. The lowest BCUT2D eigenvalue weighted by atomic mass is 10.2. The fourth-order valence-corrected chi connectivity index (χ4v) is 4.31. The summed E-state index contributed by atoms with van der Waals surface area (Å²) in [6, 6.07) is 13.4. The molecule has 1 heterocycles. The van der Waals surface area contributed by atoms with Crippen molar-refractivity contribution in [2.75, 3.05) is 0 Å². The Kier molecular flexibility index (Phi) is 3.43. The van der Waals surface area contributed by atoms with E-state index >= 15 is 0 Å². The number of aldehydes is 1. The zero-order chi connectivity index (χ0) is 15.0. The van der Waals surface area contributed by atoms with Crippen LogP contribution in [0.5, 0.6) is 0 Å². The molecule has 0 unspecified atom stereocenters. The molecule has 0 aliphatic rings. The van der Waals surface area contributed by atoms with E-state index in [-0.39, 0.29) is 4.90 Å². The van der Waals surface area contributed by atoms with Crippen molar-refractivity contribution in [3.05, 3.63) is 64.8 Å². The molecule has 106 valence electrons. The molecule has 2 aromatic carbocycles. The topological polar surface area (TPSA) is 56.1 Å². The lowest BCUT2D eigenvalue weighted by molar-refractivity contribution is 0.112. The number of para-hydroxylation sites is 1. The summed E-state index contributed by atoms with van der Waals surface area (Å²) in [6.45, 7) is 0. The summed E-state index contributed by atoms with van der Waals surface area (Å²) in [5.41, 5.74) is 0.800. The molecule has 3 aromatic rings. The van der Waals surface area contributed by atoms with Crippen molar-refractivity contribution in [3.8, 4) is 0 Å². The molecule has 0 fully saturated rings. The number of rotatable bonds is 3. The first kappa shape index (κ1) is 14.0. The molecule has 1 aromatic heterocycles. The molecule has 6 heteroatoms. The number of hydrogen-bond acceptors (Lipinski definition) is 3. The molecule has 0 amide bonds. The van der Waals surface area contributed by atoms with Crippen LogP contribution in [0, 0.1) is 0 Å². The standard InChI is InChI=1S/C15H10BrNO3S/c16-14-8-4-7-13-11(10-18)9-17(15(13)14)21(19,20)12-5-2-1-3-6-12/h1-10H. The third kappa shape index (κ3) is 2.20. The molecule has 0 N–H and O–H groups in total. The van der Waals surface area contributed by atoms with Crippen LogP contribution in [0.2, 0.25) is 0 Å². The van der Waals surface area contributed by atoms with Gasteiger partial charge in [-0.05, 0) is 34.1 Å². The maximum Gasteiger partial charge on any atom is 0.268 e. The summed E-state index contributed by atoms with van der Waals surface area (Å²) in [5.74, 6) is 0. The molecule has 0 saturated heterocycles. The summed E-state index contributed by atoms with van der Waals surface area (Å²) in [4.78, 5) is 11.4. The number of benzene rings is 2. The van der Waals surface area contributed by atoms with Crippen molar-refractivity contribution < 1.29 is 13.2 Å². The normalized spacial score (nSPS) is 11.7. The third-order valence-electron chi connectivity index (χ3n) is 3.20. The molecule has 0 aliphatic heterocycles. The van der Waals surface area contributed by atoms with Gasteiger partial charge in [-0.3, -0.25) is 4.79 Å². The maximum absolute atomic E-state index is 12.8. The second-order valence-electron chi connectivity index (χ2n) is 4.45. The number of aromatic nitrogens is 1. The highest BCUT2D eigenvalue weighted by Crippen LogP contribution is 2.30. The van der Waals surface area contributed by atoms with Gasteiger partial charge in [-0.25, -0.2) is 12.4 Å². The Bertz CT molecular complexity index is 930. The second-order valence-corrected chi connectivity index (χ2v) is 7.12. The first-order chi connectivity index (χ1) is 10.1. The van der Waals surface area contributed by atoms with E-state index in [9.17, 15) is 13.2 Å². The number of fused-ring (bicyclic) bond motifs is 1. The molecular formula is C15H10BrNO3S. The van der Waals surface area contributed by atoms with E-state index < -0.39 is 10.0 Å². The maximum atomic E-state index is 12.8. The Morgan fingerprint density at radius 2 is 1.71 bits per heavy atom. The number of hydrogen-bond donors (Lipinski definition) is 0. The number of halogens is 1. The van der Waals surface area contributed by atoms with Crippen molar-refractivity contribution in [2.45, 2.75) is 4.90 Å². The van der Waals surface area contributed by atoms with Crippen LogP contribution >= 0.6 is 15.9 Å². The first-order valence-corrected chi connectivity index (χ1v) is 8.34. The van der Waals surface area contributed by atoms with Crippen LogP contribution in [0.4, 0.5) is 0 Å². The molecule has 3 rings (SSSR count). The van der Waals surface area contributed by atoms with E-state index in [1.807, 2.05) is 0 Å². The van der Waals surface area contributed by atoms with Crippen molar-refractivity contribution in [1.82, 2.24) is 3.97 Å². The minimum atomic E-state index is -3.75. The first-order valence-electron chi connectivity index (χ1n) is 6.11. The zero-order valence-corrected chi connectivity index (χ0v) is 13.1. The Morgan fingerprint density at radius 1 is 1.00 bits per heavy atom. The van der Waals surface area contributed by atoms with E-state index in [2.05, 4.69) is 15.9 Å². The van der Waals surface area contributed by atoms with Gasteiger partial charge in [0.1, 0.15) is 0 Å². The lowest BCUT2D eigenvalue weighted by Gasteiger charge is -2.08. The molecule has 0 radical (unpaired) electrons. The average molecular weight is 364 g/mol. The highest BCUT2D eigenvalue weighted by Gasteiger charge is 2.22. The van der Waals surface area contributed by atoms with Gasteiger partial charge < -0.3 is 0 Å². The molecule has 4 nitrogen and oxygen atoms in total. The van der Waals surface area contributed by atoms with Crippen molar-refractivity contribution >= 4 is 43.1 Å². The van der Waals surface area contributed by atoms with Gasteiger partial charge in [-0.15, -0.1) is 0 Å². The predicted octanol–water partition coefficient (Wildman–Crippen LogP) is 3.45. The minimum Gasteiger partial charge on any atom is -0.298 e. The summed E-state index contributed by atoms with van der Waals surface area (Å²) in [6.07, 6.45) is 2.01. The zero-order valence-electron chi connectivity index (χ0n) is 10.7. The molecule has 0 bridgehead atoms. The summed E-state index contributed by atoms with van der Waals surface area (Å²) in [5, 5.41) is 0.596. The summed E-state index contributed by atoms with van der Waals surface area (Å²) < 4.78 is 27.3. The van der Waals surface area contributed by atoms with E-state index in [1.54, 1.807) is 36.4 Å². The highest BCUT2D eigenvalue weighted by atomic mass is 79.9. The van der Waals surface area contributed by atoms with Crippen molar-refractivity contribution in [2.24, 2.45) is 0 Å². The van der Waals surface area contributed by atoms with E-state index in [0.717, 1.165) is 3.97 Å². The van der Waals surface area contributed by atoms with Gasteiger partial charge in [-0.1, -0.05) is 30.3 Å². The van der Waals surface area contributed by atoms with E-state index in [4.69, 9.17) is 0 Å². The number of carbonyl (C=O) groups excluding carboxylic acids is 1. The number of nitrogens with zero attached hydrogens (tertiary/aromatic N) is 1. The second kappa shape index (κ2) is 5.13. The van der Waals surface area contributed by atoms with E-state index in [0.29, 0.717) is 27.2 Å². The van der Waals surface area contributed by atoms with Gasteiger partial charge in [0, 0.05) is 21.6 Å². The Balaban J connectivity index is 2.39. The van der Waals surface area contributed by atoms with Gasteiger partial charge >= 0.3 is 0 Å². The predicted molar refractivity (Wildman–Crippen MR) is 84.1 cm³/mol. The quantitative estimate of drug-likeness (QED) is 0.669. The van der Waals surface area contributed by atoms with Crippen LogP contribution in [-0.2, 0) is 10.0 Å². The molecule has 0 saturated carbocycles. The molecule has 21 heavy (non-hydrogen) atoms. The molecular weight excluding hydrogens is 354 g/mol. The Morgan fingerprint density at radius 3 is 2.38 bits per heavy atom. The van der Waals surface area contributed by atoms with E-state index in [1.165, 1.54) is 18.3 Å². The largest absolute Gasteiger partial charge is 0.298 e. The number of carbonyl (C=O) groups is 1. The van der Waals surface area contributed by atoms with Crippen LogP contribution < -0.4 is 0 Å². The summed E-state index contributed by atoms with van der Waals surface area (Å²) in [7, 11) is -3.75. The lowest BCUT2D eigenvalue weighted by Crippen LogP contribution is -2.11. The average Bonchev–Trinajstić information content (AvgIpc) is 2.89. The Labute approximate surface area is 130 Å². The monoisotopic (exact) mass is 363 g/mol.